The van der Waals surface area contributed by atoms with Gasteiger partial charge in [0.25, 0.3) is 5.91 Å². The van der Waals surface area contributed by atoms with Gasteiger partial charge < -0.3 is 4.74 Å². The molecule has 0 aliphatic rings. The van der Waals surface area contributed by atoms with Crippen molar-refractivity contribution in [2.24, 2.45) is 5.10 Å². The normalized spacial score (nSPS) is 11.2. The number of ether oxygens (including phenoxy) is 1. The van der Waals surface area contributed by atoms with Gasteiger partial charge in [-0.3, -0.25) is 9.78 Å². The van der Waals surface area contributed by atoms with Crippen LogP contribution in [0.15, 0.2) is 59.8 Å². The Balaban J connectivity index is 1.63. The second-order valence-electron chi connectivity index (χ2n) is 8.05. The number of benzene rings is 2. The lowest BCUT2D eigenvalue weighted by Crippen LogP contribution is -2.17. The Kier molecular flexibility index (Phi) is 7.19. The molecule has 3 rings (SSSR count). The minimum Gasteiger partial charge on any atom is -0.488 e. The molecule has 1 N–H and O–H groups in total. The molecule has 0 spiro atoms. The third-order valence-corrected chi connectivity index (χ3v) is 5.05. The molecule has 0 aliphatic carbocycles. The molecule has 3 aromatic rings. The molecular weight excluding hydrogens is 386 g/mol. The minimum absolute atomic E-state index is 0.265. The first-order chi connectivity index (χ1) is 14.8. The Morgan fingerprint density at radius 2 is 1.74 bits per heavy atom. The van der Waals surface area contributed by atoms with Gasteiger partial charge in [-0.2, -0.15) is 5.10 Å². The summed E-state index contributed by atoms with van der Waals surface area (Å²) in [6.07, 6.45) is 3.25. The van der Waals surface area contributed by atoms with E-state index in [-0.39, 0.29) is 5.91 Å². The summed E-state index contributed by atoms with van der Waals surface area (Å²) in [5.74, 6) is 1.13. The van der Waals surface area contributed by atoms with Crippen LogP contribution in [0.3, 0.4) is 0 Å². The number of carbonyl (C=O) groups excluding carboxylic acids is 1. The molecule has 1 amide bonds. The van der Waals surface area contributed by atoms with E-state index in [1.807, 2.05) is 32.9 Å². The van der Waals surface area contributed by atoms with Crippen LogP contribution in [-0.2, 0) is 6.61 Å². The van der Waals surface area contributed by atoms with Gasteiger partial charge in [0.05, 0.1) is 6.21 Å². The van der Waals surface area contributed by atoms with Crippen LogP contribution in [0, 0.1) is 20.8 Å². The summed E-state index contributed by atoms with van der Waals surface area (Å²) in [4.78, 5) is 16.3. The summed E-state index contributed by atoms with van der Waals surface area (Å²) >= 11 is 0. The van der Waals surface area contributed by atoms with Crippen LogP contribution in [0.1, 0.15) is 63.6 Å². The summed E-state index contributed by atoms with van der Waals surface area (Å²) in [5.41, 5.74) is 9.29. The predicted octanol–water partition coefficient (Wildman–Crippen LogP) is 5.47. The number of aromatic nitrogens is 1. The molecule has 0 atom stereocenters. The molecule has 160 valence electrons. The number of pyridine rings is 1. The van der Waals surface area contributed by atoms with E-state index in [1.54, 1.807) is 24.5 Å². The highest BCUT2D eigenvalue weighted by Crippen LogP contribution is 2.25. The molecule has 1 aromatic heterocycles. The van der Waals surface area contributed by atoms with Crippen molar-refractivity contribution in [2.75, 3.05) is 0 Å². The molecule has 0 saturated heterocycles. The van der Waals surface area contributed by atoms with Crippen LogP contribution in [0.25, 0.3) is 0 Å². The van der Waals surface area contributed by atoms with Crippen molar-refractivity contribution in [3.8, 4) is 5.75 Å². The van der Waals surface area contributed by atoms with Crippen molar-refractivity contribution < 1.29 is 9.53 Å². The van der Waals surface area contributed by atoms with Crippen molar-refractivity contribution in [1.82, 2.24) is 10.4 Å². The standard InChI is InChI=1S/C26H29N3O2/c1-17(2)23-8-6-21(7-9-23)16-31-25-18(3)12-22(13-19(25)4)15-28-29-26(30)24-10-11-27-20(5)14-24/h6-15,17H,16H2,1-5H3,(H,29,30)/b28-15+. The zero-order valence-electron chi connectivity index (χ0n) is 18.8. The maximum absolute atomic E-state index is 12.2. The topological polar surface area (TPSA) is 63.6 Å². The largest absolute Gasteiger partial charge is 0.488 e. The average Bonchev–Trinajstić information content (AvgIpc) is 2.73. The van der Waals surface area contributed by atoms with Gasteiger partial charge in [0.2, 0.25) is 0 Å². The van der Waals surface area contributed by atoms with Gasteiger partial charge in [-0.15, -0.1) is 0 Å². The van der Waals surface area contributed by atoms with Gasteiger partial charge in [0.1, 0.15) is 12.4 Å². The molecule has 5 heteroatoms. The fourth-order valence-electron chi connectivity index (χ4n) is 3.36. The first kappa shape index (κ1) is 22.2. The number of amides is 1. The first-order valence-corrected chi connectivity index (χ1v) is 10.4. The number of nitrogens with zero attached hydrogens (tertiary/aromatic N) is 2. The van der Waals surface area contributed by atoms with Crippen LogP contribution in [-0.4, -0.2) is 17.1 Å². The Morgan fingerprint density at radius 3 is 2.35 bits per heavy atom. The zero-order valence-corrected chi connectivity index (χ0v) is 18.8. The smallest absolute Gasteiger partial charge is 0.271 e. The molecule has 0 fully saturated rings. The van der Waals surface area contributed by atoms with Gasteiger partial charge >= 0.3 is 0 Å². The van der Waals surface area contributed by atoms with Crippen molar-refractivity contribution in [2.45, 2.75) is 47.1 Å². The van der Waals surface area contributed by atoms with Crippen molar-refractivity contribution in [3.63, 3.8) is 0 Å². The Bertz CT molecular complexity index is 1060. The van der Waals surface area contributed by atoms with Crippen LogP contribution in [0.2, 0.25) is 0 Å². The van der Waals surface area contributed by atoms with E-state index in [9.17, 15) is 4.79 Å². The molecule has 5 nitrogen and oxygen atoms in total. The predicted molar refractivity (Wildman–Crippen MR) is 125 cm³/mol. The SMILES string of the molecule is Cc1cc(C(=O)N/N=C/c2cc(C)c(OCc3ccc(C(C)C)cc3)c(C)c2)ccn1. The van der Waals surface area contributed by atoms with E-state index in [1.165, 1.54) is 5.56 Å². The fraction of sp³-hybridized carbons (Fsp3) is 0.269. The quantitative estimate of drug-likeness (QED) is 0.411. The molecule has 1 heterocycles. The highest BCUT2D eigenvalue weighted by Gasteiger charge is 2.08. The van der Waals surface area contributed by atoms with Gasteiger partial charge in [-0.1, -0.05) is 38.1 Å². The Morgan fingerprint density at radius 1 is 1.06 bits per heavy atom. The number of hydrogen-bond donors (Lipinski definition) is 1. The minimum atomic E-state index is -0.265. The number of hydrazone groups is 1. The van der Waals surface area contributed by atoms with Crippen LogP contribution in [0.5, 0.6) is 5.75 Å². The first-order valence-electron chi connectivity index (χ1n) is 10.4. The van der Waals surface area contributed by atoms with Crippen molar-refractivity contribution in [3.05, 3.63) is 93.8 Å². The molecule has 0 bridgehead atoms. The maximum atomic E-state index is 12.2. The molecule has 0 unspecified atom stereocenters. The maximum Gasteiger partial charge on any atom is 0.271 e. The Hall–Kier alpha value is -3.47. The van der Waals surface area contributed by atoms with Gasteiger partial charge in [0.15, 0.2) is 0 Å². The molecular formula is C26H29N3O2. The fourth-order valence-corrected chi connectivity index (χ4v) is 3.36. The summed E-state index contributed by atoms with van der Waals surface area (Å²) in [5, 5.41) is 4.09. The highest BCUT2D eigenvalue weighted by molar-refractivity contribution is 5.94. The average molecular weight is 416 g/mol. The number of rotatable bonds is 7. The summed E-state index contributed by atoms with van der Waals surface area (Å²) < 4.78 is 6.10. The summed E-state index contributed by atoms with van der Waals surface area (Å²) in [6, 6.07) is 15.9. The molecule has 0 radical (unpaired) electrons. The van der Waals surface area contributed by atoms with E-state index in [0.29, 0.717) is 18.1 Å². The lowest BCUT2D eigenvalue weighted by atomic mass is 10.0. The van der Waals surface area contributed by atoms with Gasteiger partial charge in [-0.25, -0.2) is 5.43 Å². The number of hydrogen-bond acceptors (Lipinski definition) is 4. The van der Waals surface area contributed by atoms with E-state index < -0.39 is 0 Å². The lowest BCUT2D eigenvalue weighted by Gasteiger charge is -2.14. The van der Waals surface area contributed by atoms with Crippen molar-refractivity contribution >= 4 is 12.1 Å². The van der Waals surface area contributed by atoms with Crippen LogP contribution < -0.4 is 10.2 Å². The number of aryl methyl sites for hydroxylation is 3. The van der Waals surface area contributed by atoms with Gasteiger partial charge in [0, 0.05) is 17.5 Å². The van der Waals surface area contributed by atoms with Gasteiger partial charge in [-0.05, 0) is 78.8 Å². The van der Waals surface area contributed by atoms with Crippen molar-refractivity contribution in [1.29, 1.82) is 0 Å². The third kappa shape index (κ3) is 6.01. The lowest BCUT2D eigenvalue weighted by molar-refractivity contribution is 0.0955. The molecule has 0 aliphatic heterocycles. The zero-order chi connectivity index (χ0) is 22.4. The third-order valence-electron chi connectivity index (χ3n) is 5.05. The second-order valence-corrected chi connectivity index (χ2v) is 8.05. The van der Waals surface area contributed by atoms with E-state index >= 15 is 0 Å². The van der Waals surface area contributed by atoms with E-state index in [4.69, 9.17) is 4.74 Å². The molecule has 31 heavy (non-hydrogen) atoms. The van der Waals surface area contributed by atoms with E-state index in [2.05, 4.69) is 53.6 Å². The summed E-state index contributed by atoms with van der Waals surface area (Å²) in [6.45, 7) is 10.8. The van der Waals surface area contributed by atoms with Crippen LogP contribution >= 0.6 is 0 Å². The number of nitrogens with one attached hydrogen (secondary N) is 1. The highest BCUT2D eigenvalue weighted by atomic mass is 16.5. The monoisotopic (exact) mass is 415 g/mol. The second kappa shape index (κ2) is 10.0. The Labute approximate surface area is 184 Å². The molecule has 0 saturated carbocycles. The number of carbonyl (C=O) groups is 1. The molecule has 2 aromatic carbocycles. The van der Waals surface area contributed by atoms with Crippen LogP contribution in [0.4, 0.5) is 0 Å². The summed E-state index contributed by atoms with van der Waals surface area (Å²) in [7, 11) is 0. The van der Waals surface area contributed by atoms with E-state index in [0.717, 1.165) is 33.7 Å².